The predicted molar refractivity (Wildman–Crippen MR) is 96.7 cm³/mol. The fourth-order valence-corrected chi connectivity index (χ4v) is 3.07. The molecule has 2 aromatic rings. The number of hydrogen-bond acceptors (Lipinski definition) is 7. The lowest BCUT2D eigenvalue weighted by Gasteiger charge is -2.34. The van der Waals surface area contributed by atoms with Crippen LogP contribution in [0.4, 0.5) is 5.69 Å². The molecule has 0 unspecified atom stereocenters. The van der Waals surface area contributed by atoms with Crippen LogP contribution < -0.4 is 4.74 Å². The Morgan fingerprint density at radius 1 is 1.30 bits per heavy atom. The summed E-state index contributed by atoms with van der Waals surface area (Å²) >= 11 is 0. The molecule has 9 heteroatoms. The quantitative estimate of drug-likeness (QED) is 0.564. The van der Waals surface area contributed by atoms with Crippen molar-refractivity contribution in [3.8, 4) is 5.75 Å². The first-order valence-electron chi connectivity index (χ1n) is 8.83. The van der Waals surface area contributed by atoms with Crippen LogP contribution in [0.25, 0.3) is 0 Å². The van der Waals surface area contributed by atoms with Crippen LogP contribution in [0.5, 0.6) is 5.75 Å². The molecule has 0 bridgehead atoms. The van der Waals surface area contributed by atoms with E-state index in [9.17, 15) is 14.9 Å². The molecule has 1 saturated heterocycles. The monoisotopic (exact) mass is 374 g/mol. The van der Waals surface area contributed by atoms with Crippen LogP contribution in [0.15, 0.2) is 28.8 Å². The fraction of sp³-hybridized carbons (Fsp3) is 0.444. The number of benzene rings is 1. The highest BCUT2D eigenvalue weighted by molar-refractivity contribution is 5.95. The first-order chi connectivity index (χ1) is 13.0. The number of aromatic nitrogens is 1. The topological polar surface area (TPSA) is 102 Å². The van der Waals surface area contributed by atoms with Gasteiger partial charge >= 0.3 is 5.69 Å². The second kappa shape index (κ2) is 8.17. The summed E-state index contributed by atoms with van der Waals surface area (Å²) in [6.07, 6.45) is 0. The minimum absolute atomic E-state index is 0.172. The van der Waals surface area contributed by atoms with Gasteiger partial charge in [-0.15, -0.1) is 0 Å². The minimum atomic E-state index is -0.529. The van der Waals surface area contributed by atoms with Gasteiger partial charge in [-0.2, -0.15) is 0 Å². The lowest BCUT2D eigenvalue weighted by Crippen LogP contribution is -2.48. The highest BCUT2D eigenvalue weighted by Crippen LogP contribution is 2.28. The molecule has 0 spiro atoms. The summed E-state index contributed by atoms with van der Waals surface area (Å²) in [6.45, 7) is 7.09. The summed E-state index contributed by atoms with van der Waals surface area (Å²) in [4.78, 5) is 27.3. The Kier molecular flexibility index (Phi) is 5.70. The third kappa shape index (κ3) is 4.43. The number of ether oxygens (including phenoxy) is 1. The molecule has 1 fully saturated rings. The number of hydrogen-bond donors (Lipinski definition) is 0. The van der Waals surface area contributed by atoms with Gasteiger partial charge in [-0.05, 0) is 26.0 Å². The van der Waals surface area contributed by atoms with Gasteiger partial charge in [-0.1, -0.05) is 5.16 Å². The predicted octanol–water partition coefficient (Wildman–Crippen LogP) is 2.25. The van der Waals surface area contributed by atoms with Gasteiger partial charge in [-0.25, -0.2) is 0 Å². The molecule has 1 aromatic heterocycles. The van der Waals surface area contributed by atoms with Crippen molar-refractivity contribution >= 4 is 11.6 Å². The number of nitro benzene ring substituents is 1. The zero-order valence-electron chi connectivity index (χ0n) is 15.4. The van der Waals surface area contributed by atoms with Gasteiger partial charge in [0.1, 0.15) is 0 Å². The third-order valence-corrected chi connectivity index (χ3v) is 4.42. The van der Waals surface area contributed by atoms with E-state index >= 15 is 0 Å². The Labute approximate surface area is 156 Å². The Morgan fingerprint density at radius 2 is 2.04 bits per heavy atom. The van der Waals surface area contributed by atoms with Crippen LogP contribution >= 0.6 is 0 Å². The van der Waals surface area contributed by atoms with Crippen molar-refractivity contribution in [3.63, 3.8) is 0 Å². The van der Waals surface area contributed by atoms with Crippen molar-refractivity contribution in [1.82, 2.24) is 15.0 Å². The van der Waals surface area contributed by atoms with Crippen LogP contribution in [0.2, 0.25) is 0 Å². The fourth-order valence-electron chi connectivity index (χ4n) is 3.07. The Morgan fingerprint density at radius 3 is 2.63 bits per heavy atom. The van der Waals surface area contributed by atoms with Crippen molar-refractivity contribution in [2.45, 2.75) is 20.4 Å². The Balaban J connectivity index is 1.63. The van der Waals surface area contributed by atoms with Gasteiger partial charge < -0.3 is 14.2 Å². The highest BCUT2D eigenvalue weighted by Gasteiger charge is 2.25. The Bertz CT molecular complexity index is 827. The molecule has 0 N–H and O–H groups in total. The number of carbonyl (C=O) groups excluding carboxylic acids is 1. The average molecular weight is 374 g/mol. The molecule has 2 heterocycles. The number of amides is 1. The third-order valence-electron chi connectivity index (χ3n) is 4.42. The maximum absolute atomic E-state index is 12.7. The molecule has 144 valence electrons. The SMILES string of the molecule is CCOc1ccc(C(=O)N2CCN(Cc3cc(C)no3)CC2)cc1[N+](=O)[O-]. The molecule has 1 aliphatic heterocycles. The van der Waals surface area contributed by atoms with Gasteiger partial charge in [0.05, 0.1) is 23.8 Å². The van der Waals surface area contributed by atoms with E-state index in [4.69, 9.17) is 9.26 Å². The molecule has 1 aromatic carbocycles. The summed E-state index contributed by atoms with van der Waals surface area (Å²) in [6, 6.07) is 6.24. The normalized spacial score (nSPS) is 15.0. The number of aryl methyl sites for hydroxylation is 1. The molecular weight excluding hydrogens is 352 g/mol. The van der Waals surface area contributed by atoms with E-state index in [1.54, 1.807) is 17.9 Å². The molecule has 3 rings (SSSR count). The molecule has 0 saturated carbocycles. The smallest absolute Gasteiger partial charge is 0.311 e. The molecule has 27 heavy (non-hydrogen) atoms. The van der Waals surface area contributed by atoms with Crippen LogP contribution in [-0.4, -0.2) is 58.6 Å². The van der Waals surface area contributed by atoms with E-state index < -0.39 is 4.92 Å². The van der Waals surface area contributed by atoms with Crippen LogP contribution in [0.3, 0.4) is 0 Å². The summed E-state index contributed by atoms with van der Waals surface area (Å²) in [7, 11) is 0. The standard InChI is InChI=1S/C18H22N4O5/c1-3-26-17-5-4-14(11-16(17)22(24)25)18(23)21-8-6-20(7-9-21)12-15-10-13(2)19-27-15/h4-5,10-11H,3,6-9,12H2,1-2H3. The Hall–Kier alpha value is -2.94. The van der Waals surface area contributed by atoms with Crippen molar-refractivity contribution in [2.24, 2.45) is 0 Å². The maximum atomic E-state index is 12.7. The van der Waals surface area contributed by atoms with Gasteiger partial charge in [0, 0.05) is 43.9 Å². The molecule has 9 nitrogen and oxygen atoms in total. The number of piperazine rings is 1. The lowest BCUT2D eigenvalue weighted by atomic mass is 10.1. The zero-order valence-corrected chi connectivity index (χ0v) is 15.4. The van der Waals surface area contributed by atoms with Gasteiger partial charge in [0.25, 0.3) is 5.91 Å². The summed E-state index contributed by atoms with van der Waals surface area (Å²) in [5.41, 5.74) is 0.947. The van der Waals surface area contributed by atoms with E-state index in [0.717, 1.165) is 11.5 Å². The first-order valence-corrected chi connectivity index (χ1v) is 8.83. The average Bonchev–Trinajstić information content (AvgIpc) is 3.07. The van der Waals surface area contributed by atoms with E-state index in [2.05, 4.69) is 10.1 Å². The van der Waals surface area contributed by atoms with E-state index in [1.165, 1.54) is 12.1 Å². The lowest BCUT2D eigenvalue weighted by molar-refractivity contribution is -0.385. The van der Waals surface area contributed by atoms with Gasteiger partial charge in [0.2, 0.25) is 0 Å². The van der Waals surface area contributed by atoms with E-state index in [0.29, 0.717) is 44.9 Å². The number of carbonyl (C=O) groups is 1. The van der Waals surface area contributed by atoms with Crippen molar-refractivity contribution in [3.05, 3.63) is 51.4 Å². The van der Waals surface area contributed by atoms with Gasteiger partial charge in [-0.3, -0.25) is 19.8 Å². The molecule has 1 amide bonds. The zero-order chi connectivity index (χ0) is 19.4. The number of rotatable bonds is 6. The summed E-state index contributed by atoms with van der Waals surface area (Å²) in [5, 5.41) is 15.1. The first kappa shape index (κ1) is 18.8. The number of nitrogens with zero attached hydrogens (tertiary/aromatic N) is 4. The van der Waals surface area contributed by atoms with E-state index in [-0.39, 0.29) is 17.3 Å². The summed E-state index contributed by atoms with van der Waals surface area (Å²) in [5.74, 6) is 0.761. The van der Waals surface area contributed by atoms with Crippen LogP contribution in [-0.2, 0) is 6.54 Å². The molecule has 1 aliphatic rings. The van der Waals surface area contributed by atoms with E-state index in [1.807, 2.05) is 13.0 Å². The molecule has 0 aliphatic carbocycles. The molecule has 0 atom stereocenters. The van der Waals surface area contributed by atoms with Crippen LogP contribution in [0, 0.1) is 17.0 Å². The van der Waals surface area contributed by atoms with Crippen molar-refractivity contribution in [2.75, 3.05) is 32.8 Å². The highest BCUT2D eigenvalue weighted by atomic mass is 16.6. The van der Waals surface area contributed by atoms with Gasteiger partial charge in [0.15, 0.2) is 11.5 Å². The minimum Gasteiger partial charge on any atom is -0.487 e. The second-order valence-electron chi connectivity index (χ2n) is 6.38. The molecule has 0 radical (unpaired) electrons. The summed E-state index contributed by atoms with van der Waals surface area (Å²) < 4.78 is 10.5. The van der Waals surface area contributed by atoms with Crippen molar-refractivity contribution in [1.29, 1.82) is 0 Å². The second-order valence-corrected chi connectivity index (χ2v) is 6.38. The number of nitro groups is 1. The maximum Gasteiger partial charge on any atom is 0.311 e. The molecular formula is C18H22N4O5. The van der Waals surface area contributed by atoms with Crippen molar-refractivity contribution < 1.29 is 19.0 Å². The largest absolute Gasteiger partial charge is 0.487 e. The van der Waals surface area contributed by atoms with Crippen LogP contribution in [0.1, 0.15) is 28.7 Å².